The molecule has 6 nitrogen and oxygen atoms in total. The van der Waals surface area contributed by atoms with Gasteiger partial charge in [0.2, 0.25) is 5.89 Å². The van der Waals surface area contributed by atoms with Gasteiger partial charge in [-0.2, -0.15) is 5.10 Å². The van der Waals surface area contributed by atoms with Gasteiger partial charge in [0, 0.05) is 17.3 Å². The van der Waals surface area contributed by atoms with Gasteiger partial charge in [-0.1, -0.05) is 34.8 Å². The molecule has 4 aromatic rings. The van der Waals surface area contributed by atoms with Crippen molar-refractivity contribution in [3.05, 3.63) is 67.7 Å². The predicted molar refractivity (Wildman–Crippen MR) is 100 cm³/mol. The van der Waals surface area contributed by atoms with Crippen LogP contribution >= 0.6 is 34.8 Å². The molecule has 0 saturated carbocycles. The van der Waals surface area contributed by atoms with E-state index in [-0.39, 0.29) is 11.0 Å². The molecule has 3 aromatic heterocycles. The lowest BCUT2D eigenvalue weighted by Gasteiger charge is -2.08. The van der Waals surface area contributed by atoms with E-state index in [1.807, 2.05) is 6.92 Å². The zero-order valence-electron chi connectivity index (χ0n) is 13.2. The van der Waals surface area contributed by atoms with Gasteiger partial charge < -0.3 is 4.42 Å². The molecular weight excluding hydrogens is 399 g/mol. The van der Waals surface area contributed by atoms with Crippen LogP contribution in [-0.2, 0) is 0 Å². The maximum Gasteiger partial charge on any atom is 0.347 e. The molecule has 26 heavy (non-hydrogen) atoms. The number of halogens is 3. The van der Waals surface area contributed by atoms with Crippen molar-refractivity contribution in [1.29, 1.82) is 0 Å². The first-order chi connectivity index (χ1) is 12.4. The van der Waals surface area contributed by atoms with Crippen molar-refractivity contribution in [2.24, 2.45) is 0 Å². The van der Waals surface area contributed by atoms with Crippen molar-refractivity contribution < 1.29 is 4.42 Å². The fourth-order valence-electron chi connectivity index (χ4n) is 2.62. The molecule has 0 amide bonds. The number of fused-ring (bicyclic) bond motifs is 1. The van der Waals surface area contributed by atoms with E-state index in [1.54, 1.807) is 24.4 Å². The summed E-state index contributed by atoms with van der Waals surface area (Å²) in [5.41, 5.74) is 1.02. The number of benzene rings is 1. The number of hydrogen-bond donors (Lipinski definition) is 0. The highest BCUT2D eigenvalue weighted by Gasteiger charge is 2.19. The van der Waals surface area contributed by atoms with E-state index in [2.05, 4.69) is 15.1 Å². The van der Waals surface area contributed by atoms with Crippen molar-refractivity contribution >= 4 is 45.7 Å². The molecule has 0 aliphatic carbocycles. The lowest BCUT2D eigenvalue weighted by atomic mass is 10.1. The third-order valence-corrected chi connectivity index (χ3v) is 4.42. The topological polar surface area (TPSA) is 73.8 Å². The summed E-state index contributed by atoms with van der Waals surface area (Å²) in [6, 6.07) is 8.12. The van der Waals surface area contributed by atoms with Crippen molar-refractivity contribution in [3.63, 3.8) is 0 Å². The summed E-state index contributed by atoms with van der Waals surface area (Å²) in [4.78, 5) is 21.1. The van der Waals surface area contributed by atoms with Crippen LogP contribution in [0.3, 0.4) is 0 Å². The van der Waals surface area contributed by atoms with Crippen LogP contribution in [0.2, 0.25) is 15.2 Å². The van der Waals surface area contributed by atoms with E-state index in [9.17, 15) is 4.79 Å². The molecule has 0 N–H and O–H groups in total. The minimum Gasteiger partial charge on any atom is -0.401 e. The number of rotatable bonds is 2. The van der Waals surface area contributed by atoms with Crippen LogP contribution in [0.5, 0.6) is 0 Å². The lowest BCUT2D eigenvalue weighted by molar-refractivity contribution is 0.513. The Morgan fingerprint density at radius 1 is 1.15 bits per heavy atom. The first-order valence-electron chi connectivity index (χ1n) is 7.42. The van der Waals surface area contributed by atoms with E-state index in [0.29, 0.717) is 32.5 Å². The highest BCUT2D eigenvalue weighted by molar-refractivity contribution is 6.32. The first kappa shape index (κ1) is 17.0. The maximum atomic E-state index is 12.4. The Labute approximate surface area is 162 Å². The Hall–Kier alpha value is -2.41. The third kappa shape index (κ3) is 2.86. The van der Waals surface area contributed by atoms with Crippen LogP contribution in [0, 0.1) is 6.92 Å². The molecule has 3 heterocycles. The molecule has 0 aliphatic rings. The normalized spacial score (nSPS) is 11.2. The van der Waals surface area contributed by atoms with Gasteiger partial charge >= 0.3 is 5.63 Å². The SMILES string of the molecule is Cc1cc(Cl)cc2c(=O)oc(-c3cc(Cl)nn3-c3ncccc3Cl)nc12. The lowest BCUT2D eigenvalue weighted by Crippen LogP contribution is -2.08. The summed E-state index contributed by atoms with van der Waals surface area (Å²) in [6.07, 6.45) is 1.57. The van der Waals surface area contributed by atoms with Gasteiger partial charge in [-0.25, -0.2) is 19.4 Å². The summed E-state index contributed by atoms with van der Waals surface area (Å²) in [5, 5.41) is 5.45. The third-order valence-electron chi connectivity index (χ3n) is 3.73. The summed E-state index contributed by atoms with van der Waals surface area (Å²) in [7, 11) is 0. The predicted octanol–water partition coefficient (Wildman–Crippen LogP) is 4.70. The summed E-state index contributed by atoms with van der Waals surface area (Å²) in [6.45, 7) is 1.81. The van der Waals surface area contributed by atoms with Crippen LogP contribution in [0.25, 0.3) is 28.3 Å². The molecule has 4 rings (SSSR count). The van der Waals surface area contributed by atoms with Crippen LogP contribution in [-0.4, -0.2) is 19.7 Å². The molecule has 0 saturated heterocycles. The molecule has 130 valence electrons. The first-order valence-corrected chi connectivity index (χ1v) is 8.55. The number of pyridine rings is 1. The fourth-order valence-corrected chi connectivity index (χ4v) is 3.27. The molecular formula is C17H9Cl3N4O2. The Kier molecular flexibility index (Phi) is 4.19. The van der Waals surface area contributed by atoms with Gasteiger partial charge in [-0.15, -0.1) is 0 Å². The van der Waals surface area contributed by atoms with Gasteiger partial charge in [-0.3, -0.25) is 0 Å². The average molecular weight is 408 g/mol. The van der Waals surface area contributed by atoms with E-state index in [0.717, 1.165) is 5.56 Å². The van der Waals surface area contributed by atoms with E-state index in [1.165, 1.54) is 16.8 Å². The molecule has 1 aromatic carbocycles. The van der Waals surface area contributed by atoms with Crippen molar-refractivity contribution in [2.75, 3.05) is 0 Å². The quantitative estimate of drug-likeness (QED) is 0.481. The van der Waals surface area contributed by atoms with Gasteiger partial charge in [0.1, 0.15) is 5.69 Å². The van der Waals surface area contributed by atoms with Crippen molar-refractivity contribution in [3.8, 4) is 17.4 Å². The Morgan fingerprint density at radius 3 is 2.73 bits per heavy atom. The Morgan fingerprint density at radius 2 is 1.96 bits per heavy atom. The average Bonchev–Trinajstić information content (AvgIpc) is 2.97. The molecule has 0 spiro atoms. The van der Waals surface area contributed by atoms with Gasteiger partial charge in [0.05, 0.1) is 15.9 Å². The maximum absolute atomic E-state index is 12.4. The van der Waals surface area contributed by atoms with Gasteiger partial charge in [-0.05, 0) is 36.8 Å². The number of nitrogens with zero attached hydrogens (tertiary/aromatic N) is 4. The number of aryl methyl sites for hydroxylation is 1. The van der Waals surface area contributed by atoms with E-state index in [4.69, 9.17) is 39.2 Å². The monoisotopic (exact) mass is 406 g/mol. The second-order valence-electron chi connectivity index (χ2n) is 5.50. The largest absolute Gasteiger partial charge is 0.401 e. The van der Waals surface area contributed by atoms with Gasteiger partial charge in [0.25, 0.3) is 0 Å². The Balaban J connectivity index is 2.01. The molecule has 0 radical (unpaired) electrons. The van der Waals surface area contributed by atoms with Crippen molar-refractivity contribution in [2.45, 2.75) is 6.92 Å². The standard InChI is InChI=1S/C17H9Cl3N4O2/c1-8-5-9(18)6-10-14(8)22-16(26-17(10)25)12-7-13(20)23-24(12)15-11(19)3-2-4-21-15/h2-7H,1H3. The minimum atomic E-state index is -0.563. The molecule has 0 fully saturated rings. The van der Waals surface area contributed by atoms with Crippen LogP contribution < -0.4 is 5.63 Å². The van der Waals surface area contributed by atoms with Gasteiger partial charge in [0.15, 0.2) is 11.0 Å². The molecule has 0 unspecified atom stereocenters. The molecule has 9 heteroatoms. The molecule has 0 atom stereocenters. The second kappa shape index (κ2) is 6.39. The van der Waals surface area contributed by atoms with Crippen LogP contribution in [0.1, 0.15) is 5.56 Å². The van der Waals surface area contributed by atoms with Crippen LogP contribution in [0.15, 0.2) is 45.7 Å². The van der Waals surface area contributed by atoms with Crippen LogP contribution in [0.4, 0.5) is 0 Å². The highest BCUT2D eigenvalue weighted by atomic mass is 35.5. The molecule has 0 aliphatic heterocycles. The zero-order valence-corrected chi connectivity index (χ0v) is 15.5. The highest BCUT2D eigenvalue weighted by Crippen LogP contribution is 2.28. The van der Waals surface area contributed by atoms with E-state index < -0.39 is 5.63 Å². The zero-order chi connectivity index (χ0) is 18.4. The summed E-state index contributed by atoms with van der Waals surface area (Å²) >= 11 is 18.3. The smallest absolute Gasteiger partial charge is 0.347 e. The summed E-state index contributed by atoms with van der Waals surface area (Å²) < 4.78 is 6.77. The van der Waals surface area contributed by atoms with Crippen molar-refractivity contribution in [1.82, 2.24) is 19.7 Å². The minimum absolute atomic E-state index is 0.0500. The molecule has 0 bridgehead atoms. The fraction of sp³-hybridized carbons (Fsp3) is 0.0588. The number of aromatic nitrogens is 4. The number of hydrogen-bond acceptors (Lipinski definition) is 5. The second-order valence-corrected chi connectivity index (χ2v) is 6.73. The summed E-state index contributed by atoms with van der Waals surface area (Å²) in [5.74, 6) is 0.391. The Bertz CT molecular complexity index is 1220. The van der Waals surface area contributed by atoms with E-state index >= 15 is 0 Å².